The first kappa shape index (κ1) is 13.8. The number of benzene rings is 1. The van der Waals surface area contributed by atoms with Crippen molar-refractivity contribution in [2.75, 3.05) is 6.54 Å². The fourth-order valence-electron chi connectivity index (χ4n) is 2.13. The van der Waals surface area contributed by atoms with Gasteiger partial charge in [-0.3, -0.25) is 9.20 Å². The van der Waals surface area contributed by atoms with Crippen LogP contribution < -0.4 is 5.32 Å². The number of fused-ring (bicyclic) bond motifs is 1. The summed E-state index contributed by atoms with van der Waals surface area (Å²) in [5.41, 5.74) is 1.63. The first-order valence-corrected chi connectivity index (χ1v) is 7.51. The number of aromatic nitrogens is 2. The Bertz CT molecular complexity index is 736. The molecule has 0 saturated heterocycles. The van der Waals surface area contributed by atoms with Gasteiger partial charge in [-0.15, -0.1) is 11.3 Å². The lowest BCUT2D eigenvalue weighted by Crippen LogP contribution is -2.27. The Morgan fingerprint density at radius 3 is 3.14 bits per heavy atom. The molecule has 3 rings (SSSR count). The third kappa shape index (κ3) is 3.46. The second-order valence-corrected chi connectivity index (χ2v) is 5.60. The molecule has 3 aromatic rings. The molecule has 6 heteroatoms. The van der Waals surface area contributed by atoms with Crippen molar-refractivity contribution in [3.63, 3.8) is 0 Å². The van der Waals surface area contributed by atoms with E-state index in [-0.39, 0.29) is 18.1 Å². The maximum absolute atomic E-state index is 13.0. The van der Waals surface area contributed by atoms with Gasteiger partial charge in [-0.1, -0.05) is 12.1 Å². The Morgan fingerprint density at radius 1 is 1.43 bits per heavy atom. The van der Waals surface area contributed by atoms with Crippen LogP contribution >= 0.6 is 11.3 Å². The standard InChI is InChI=1S/C15H14FN3OS/c16-12-3-1-2-11(8-12)4-5-17-14(20)9-13-10-19-6-7-21-15(19)18-13/h1-3,6-8,10H,4-5,9H2,(H,17,20). The van der Waals surface area contributed by atoms with Crippen LogP contribution in [0.1, 0.15) is 11.3 Å². The van der Waals surface area contributed by atoms with Crippen molar-refractivity contribution in [3.8, 4) is 0 Å². The zero-order valence-electron chi connectivity index (χ0n) is 11.3. The van der Waals surface area contributed by atoms with E-state index in [0.29, 0.717) is 13.0 Å². The molecular weight excluding hydrogens is 289 g/mol. The Balaban J connectivity index is 1.49. The van der Waals surface area contributed by atoms with Gasteiger partial charge in [0.2, 0.25) is 5.91 Å². The third-order valence-corrected chi connectivity index (χ3v) is 3.88. The quantitative estimate of drug-likeness (QED) is 0.787. The number of nitrogens with one attached hydrogen (secondary N) is 1. The number of hydrogen-bond donors (Lipinski definition) is 1. The summed E-state index contributed by atoms with van der Waals surface area (Å²) in [6, 6.07) is 6.41. The van der Waals surface area contributed by atoms with Crippen molar-refractivity contribution >= 4 is 22.2 Å². The lowest BCUT2D eigenvalue weighted by Gasteiger charge is -2.04. The van der Waals surface area contributed by atoms with Gasteiger partial charge in [0.15, 0.2) is 4.96 Å². The lowest BCUT2D eigenvalue weighted by molar-refractivity contribution is -0.120. The summed E-state index contributed by atoms with van der Waals surface area (Å²) in [6.07, 6.45) is 4.65. The molecule has 0 spiro atoms. The van der Waals surface area contributed by atoms with E-state index in [4.69, 9.17) is 0 Å². The van der Waals surface area contributed by atoms with Gasteiger partial charge < -0.3 is 5.32 Å². The normalized spacial score (nSPS) is 10.9. The maximum atomic E-state index is 13.0. The highest BCUT2D eigenvalue weighted by Crippen LogP contribution is 2.11. The second-order valence-electron chi connectivity index (χ2n) is 4.73. The minimum atomic E-state index is -0.253. The molecule has 1 N–H and O–H groups in total. The van der Waals surface area contributed by atoms with Crippen LogP contribution in [0.15, 0.2) is 42.0 Å². The number of halogens is 1. The van der Waals surface area contributed by atoms with Gasteiger partial charge in [0.1, 0.15) is 5.82 Å². The van der Waals surface area contributed by atoms with E-state index in [0.717, 1.165) is 16.2 Å². The average Bonchev–Trinajstić information content (AvgIpc) is 2.99. The van der Waals surface area contributed by atoms with Crippen molar-refractivity contribution < 1.29 is 9.18 Å². The largest absolute Gasteiger partial charge is 0.355 e. The summed E-state index contributed by atoms with van der Waals surface area (Å²) in [5.74, 6) is -0.325. The van der Waals surface area contributed by atoms with E-state index in [1.807, 2.05) is 28.2 Å². The Morgan fingerprint density at radius 2 is 2.33 bits per heavy atom. The van der Waals surface area contributed by atoms with Gasteiger partial charge in [0, 0.05) is 24.3 Å². The summed E-state index contributed by atoms with van der Waals surface area (Å²) in [7, 11) is 0. The highest BCUT2D eigenvalue weighted by molar-refractivity contribution is 7.15. The van der Waals surface area contributed by atoms with Crippen LogP contribution in [0.5, 0.6) is 0 Å². The highest BCUT2D eigenvalue weighted by Gasteiger charge is 2.08. The number of amides is 1. The second kappa shape index (κ2) is 6.05. The number of carbonyl (C=O) groups excluding carboxylic acids is 1. The van der Waals surface area contributed by atoms with Crippen LogP contribution in [0.2, 0.25) is 0 Å². The molecule has 4 nitrogen and oxygen atoms in total. The fraction of sp³-hybridized carbons (Fsp3) is 0.200. The topological polar surface area (TPSA) is 46.4 Å². The molecule has 1 aromatic carbocycles. The molecule has 2 heterocycles. The number of carbonyl (C=O) groups is 1. The van der Waals surface area contributed by atoms with Crippen molar-refractivity contribution in [1.29, 1.82) is 0 Å². The number of nitrogens with zero attached hydrogens (tertiary/aromatic N) is 2. The molecule has 0 aliphatic heterocycles. The number of hydrogen-bond acceptors (Lipinski definition) is 3. The van der Waals surface area contributed by atoms with Gasteiger partial charge in [-0.2, -0.15) is 0 Å². The number of thiazole rings is 1. The SMILES string of the molecule is O=C(Cc1cn2ccsc2n1)NCCc1cccc(F)c1. The maximum Gasteiger partial charge on any atom is 0.226 e. The minimum absolute atomic E-state index is 0.0721. The van der Waals surface area contributed by atoms with Crippen LogP contribution in [0, 0.1) is 5.82 Å². The third-order valence-electron chi connectivity index (χ3n) is 3.11. The Hall–Kier alpha value is -2.21. The van der Waals surface area contributed by atoms with Gasteiger partial charge in [-0.05, 0) is 24.1 Å². The van der Waals surface area contributed by atoms with Crippen LogP contribution in [0.25, 0.3) is 4.96 Å². The highest BCUT2D eigenvalue weighted by atomic mass is 32.1. The first-order chi connectivity index (χ1) is 10.2. The molecule has 0 aliphatic rings. The monoisotopic (exact) mass is 303 g/mol. The molecule has 0 bridgehead atoms. The molecule has 21 heavy (non-hydrogen) atoms. The van der Waals surface area contributed by atoms with Gasteiger partial charge >= 0.3 is 0 Å². The van der Waals surface area contributed by atoms with Crippen LogP contribution in [0.3, 0.4) is 0 Å². The molecule has 0 fully saturated rings. The van der Waals surface area contributed by atoms with Crippen molar-refractivity contribution in [2.24, 2.45) is 0 Å². The zero-order valence-corrected chi connectivity index (χ0v) is 12.1. The smallest absolute Gasteiger partial charge is 0.226 e. The summed E-state index contributed by atoms with van der Waals surface area (Å²) in [5, 5.41) is 4.78. The van der Waals surface area contributed by atoms with Crippen molar-refractivity contribution in [2.45, 2.75) is 12.8 Å². The summed E-state index contributed by atoms with van der Waals surface area (Å²) >= 11 is 1.54. The van der Waals surface area contributed by atoms with E-state index in [1.54, 1.807) is 6.07 Å². The first-order valence-electron chi connectivity index (χ1n) is 6.63. The summed E-state index contributed by atoms with van der Waals surface area (Å²) in [6.45, 7) is 0.491. The van der Waals surface area contributed by atoms with E-state index < -0.39 is 0 Å². The average molecular weight is 303 g/mol. The molecule has 0 saturated carbocycles. The predicted octanol–water partition coefficient (Wildman–Crippen LogP) is 2.44. The van der Waals surface area contributed by atoms with E-state index in [1.165, 1.54) is 23.5 Å². The van der Waals surface area contributed by atoms with E-state index in [9.17, 15) is 9.18 Å². The minimum Gasteiger partial charge on any atom is -0.355 e. The number of imidazole rings is 1. The Labute approximate surface area is 125 Å². The van der Waals surface area contributed by atoms with Crippen LogP contribution in [-0.4, -0.2) is 21.8 Å². The van der Waals surface area contributed by atoms with Gasteiger partial charge in [-0.25, -0.2) is 9.37 Å². The molecule has 2 aromatic heterocycles. The van der Waals surface area contributed by atoms with Crippen LogP contribution in [0.4, 0.5) is 4.39 Å². The molecule has 0 aliphatic carbocycles. The molecule has 0 radical (unpaired) electrons. The molecule has 1 amide bonds. The zero-order chi connectivity index (χ0) is 14.7. The van der Waals surface area contributed by atoms with Gasteiger partial charge in [0.25, 0.3) is 0 Å². The molecule has 108 valence electrons. The fourth-order valence-corrected chi connectivity index (χ4v) is 2.85. The molecule has 0 atom stereocenters. The van der Waals surface area contributed by atoms with Gasteiger partial charge in [0.05, 0.1) is 12.1 Å². The van der Waals surface area contributed by atoms with Crippen molar-refractivity contribution in [1.82, 2.24) is 14.7 Å². The predicted molar refractivity (Wildman–Crippen MR) is 79.9 cm³/mol. The van der Waals surface area contributed by atoms with E-state index in [2.05, 4.69) is 10.3 Å². The molecule has 0 unspecified atom stereocenters. The summed E-state index contributed by atoms with van der Waals surface area (Å²) < 4.78 is 14.9. The number of rotatable bonds is 5. The van der Waals surface area contributed by atoms with E-state index >= 15 is 0 Å². The summed E-state index contributed by atoms with van der Waals surface area (Å²) in [4.78, 5) is 17.1. The van der Waals surface area contributed by atoms with Crippen molar-refractivity contribution in [3.05, 3.63) is 59.1 Å². The van der Waals surface area contributed by atoms with Crippen LogP contribution in [-0.2, 0) is 17.6 Å². The molecular formula is C15H14FN3OS. The lowest BCUT2D eigenvalue weighted by atomic mass is 10.1. The Kier molecular flexibility index (Phi) is 3.96.